The van der Waals surface area contributed by atoms with E-state index in [0.717, 1.165) is 8.95 Å². The van der Waals surface area contributed by atoms with Crippen molar-refractivity contribution in [2.45, 2.75) is 53.0 Å². The minimum absolute atomic E-state index is 0.410. The van der Waals surface area contributed by atoms with Crippen LogP contribution in [0.5, 0.6) is 0 Å². The molecule has 106 valence electrons. The number of hydrogen-bond acceptors (Lipinski definition) is 1. The zero-order valence-corrected chi connectivity index (χ0v) is 15.4. The van der Waals surface area contributed by atoms with Gasteiger partial charge in [-0.3, -0.25) is 0 Å². The van der Waals surface area contributed by atoms with Gasteiger partial charge in [-0.2, -0.15) is 0 Å². The monoisotopic (exact) mass is 387 g/mol. The van der Waals surface area contributed by atoms with Crippen LogP contribution in [0.4, 0.5) is 5.69 Å². The standard InChI is InChI=1S/C16H23Br2N/c1-15(2)8-11(9-16(3,4)10-15)19-14-12(17)6-5-7-13(14)18/h5-7,11,19H,8-10H2,1-4H3. The summed E-state index contributed by atoms with van der Waals surface area (Å²) in [7, 11) is 0. The van der Waals surface area contributed by atoms with Crippen molar-refractivity contribution in [1.82, 2.24) is 0 Å². The largest absolute Gasteiger partial charge is 0.380 e. The lowest BCUT2D eigenvalue weighted by atomic mass is 9.63. The molecule has 1 fully saturated rings. The van der Waals surface area contributed by atoms with Crippen molar-refractivity contribution in [3.8, 4) is 0 Å². The summed E-state index contributed by atoms with van der Waals surface area (Å²) in [6.45, 7) is 9.55. The highest BCUT2D eigenvalue weighted by Gasteiger charge is 2.38. The Morgan fingerprint density at radius 3 is 1.95 bits per heavy atom. The third kappa shape index (κ3) is 3.98. The number of anilines is 1. The molecule has 0 atom stereocenters. The fourth-order valence-corrected chi connectivity index (χ4v) is 5.02. The third-order valence-corrected chi connectivity index (χ3v) is 5.19. The zero-order chi connectivity index (χ0) is 14.3. The first kappa shape index (κ1) is 15.4. The van der Waals surface area contributed by atoms with Crippen LogP contribution in [0.1, 0.15) is 47.0 Å². The Balaban J connectivity index is 2.19. The first-order chi connectivity index (χ1) is 8.69. The van der Waals surface area contributed by atoms with Crippen molar-refractivity contribution in [2.75, 3.05) is 5.32 Å². The lowest BCUT2D eigenvalue weighted by molar-refractivity contribution is 0.105. The summed E-state index contributed by atoms with van der Waals surface area (Å²) in [5.41, 5.74) is 2.00. The van der Waals surface area contributed by atoms with Crippen molar-refractivity contribution in [1.29, 1.82) is 0 Å². The Morgan fingerprint density at radius 1 is 1.00 bits per heavy atom. The predicted molar refractivity (Wildman–Crippen MR) is 90.7 cm³/mol. The minimum Gasteiger partial charge on any atom is -0.380 e. The highest BCUT2D eigenvalue weighted by atomic mass is 79.9. The summed E-state index contributed by atoms with van der Waals surface area (Å²) in [5, 5.41) is 3.73. The highest BCUT2D eigenvalue weighted by Crippen LogP contribution is 2.47. The number of halogens is 2. The number of hydrogen-bond donors (Lipinski definition) is 1. The molecule has 0 bridgehead atoms. The third-order valence-electron chi connectivity index (χ3n) is 3.87. The topological polar surface area (TPSA) is 12.0 Å². The molecule has 0 unspecified atom stereocenters. The van der Waals surface area contributed by atoms with Crippen LogP contribution in [0.2, 0.25) is 0 Å². The molecule has 1 aromatic carbocycles. The molecule has 0 heterocycles. The van der Waals surface area contributed by atoms with Crippen molar-refractivity contribution in [3.05, 3.63) is 27.1 Å². The molecule has 2 rings (SSSR count). The van der Waals surface area contributed by atoms with E-state index in [1.54, 1.807) is 0 Å². The highest BCUT2D eigenvalue weighted by molar-refractivity contribution is 9.11. The predicted octanol–water partition coefficient (Wildman–Crippen LogP) is 6.23. The van der Waals surface area contributed by atoms with Crippen molar-refractivity contribution in [2.24, 2.45) is 10.8 Å². The van der Waals surface area contributed by atoms with E-state index >= 15 is 0 Å². The Morgan fingerprint density at radius 2 is 1.47 bits per heavy atom. The van der Waals surface area contributed by atoms with Gasteiger partial charge in [0.1, 0.15) is 0 Å². The number of para-hydroxylation sites is 1. The minimum atomic E-state index is 0.410. The summed E-state index contributed by atoms with van der Waals surface area (Å²) in [4.78, 5) is 0. The van der Waals surface area contributed by atoms with Crippen LogP contribution in [0.3, 0.4) is 0 Å². The van der Waals surface area contributed by atoms with Crippen LogP contribution in [0.15, 0.2) is 27.1 Å². The fraction of sp³-hybridized carbons (Fsp3) is 0.625. The van der Waals surface area contributed by atoms with E-state index < -0.39 is 0 Å². The first-order valence-electron chi connectivity index (χ1n) is 6.89. The molecule has 1 saturated carbocycles. The lowest BCUT2D eigenvalue weighted by Crippen LogP contribution is -2.40. The molecule has 0 spiro atoms. The zero-order valence-electron chi connectivity index (χ0n) is 12.2. The molecule has 0 aliphatic heterocycles. The van der Waals surface area contributed by atoms with Gasteiger partial charge < -0.3 is 5.32 Å². The van der Waals surface area contributed by atoms with Crippen molar-refractivity contribution >= 4 is 37.5 Å². The molecular weight excluding hydrogens is 366 g/mol. The molecule has 1 aliphatic carbocycles. The van der Waals surface area contributed by atoms with Crippen LogP contribution >= 0.6 is 31.9 Å². The molecule has 1 N–H and O–H groups in total. The molecule has 0 amide bonds. The molecule has 1 aromatic rings. The number of rotatable bonds is 2. The normalized spacial score (nSPS) is 22.2. The van der Waals surface area contributed by atoms with Crippen molar-refractivity contribution < 1.29 is 0 Å². The SMILES string of the molecule is CC1(C)CC(Nc2c(Br)cccc2Br)CC(C)(C)C1. The van der Waals surface area contributed by atoms with Gasteiger partial charge in [-0.05, 0) is 74.1 Å². The summed E-state index contributed by atoms with van der Waals surface area (Å²) in [5.74, 6) is 0. The Kier molecular flexibility index (Phi) is 4.37. The molecule has 0 saturated heterocycles. The van der Waals surface area contributed by atoms with Gasteiger partial charge >= 0.3 is 0 Å². The van der Waals surface area contributed by atoms with Gasteiger partial charge in [0, 0.05) is 15.0 Å². The smallest absolute Gasteiger partial charge is 0.0631 e. The fourth-order valence-electron chi connectivity index (χ4n) is 3.79. The molecule has 1 nitrogen and oxygen atoms in total. The number of nitrogens with one attached hydrogen (secondary N) is 1. The first-order valence-corrected chi connectivity index (χ1v) is 8.48. The van der Waals surface area contributed by atoms with Crippen LogP contribution < -0.4 is 5.32 Å². The second-order valence-corrected chi connectivity index (χ2v) is 9.06. The van der Waals surface area contributed by atoms with E-state index in [1.165, 1.54) is 24.9 Å². The summed E-state index contributed by atoms with van der Waals surface area (Å²) in [6.07, 6.45) is 3.75. The van der Waals surface area contributed by atoms with E-state index in [9.17, 15) is 0 Å². The Bertz CT molecular complexity index is 430. The van der Waals surface area contributed by atoms with E-state index in [1.807, 2.05) is 6.07 Å². The molecule has 0 aromatic heterocycles. The van der Waals surface area contributed by atoms with Crippen molar-refractivity contribution in [3.63, 3.8) is 0 Å². The van der Waals surface area contributed by atoms with Gasteiger partial charge in [0.15, 0.2) is 0 Å². The Labute approximate surface area is 133 Å². The molecular formula is C16H23Br2N. The van der Waals surface area contributed by atoms with E-state index in [-0.39, 0.29) is 0 Å². The second kappa shape index (κ2) is 5.40. The van der Waals surface area contributed by atoms with E-state index in [2.05, 4.69) is 77.0 Å². The maximum atomic E-state index is 3.73. The maximum Gasteiger partial charge on any atom is 0.0631 e. The van der Waals surface area contributed by atoms with Crippen LogP contribution in [0.25, 0.3) is 0 Å². The van der Waals surface area contributed by atoms with Gasteiger partial charge in [0.2, 0.25) is 0 Å². The molecule has 1 aliphatic rings. The summed E-state index contributed by atoms with van der Waals surface area (Å²) in [6, 6.07) is 6.76. The van der Waals surface area contributed by atoms with Crippen LogP contribution in [-0.4, -0.2) is 6.04 Å². The average Bonchev–Trinajstić information content (AvgIpc) is 2.19. The van der Waals surface area contributed by atoms with Crippen LogP contribution in [0, 0.1) is 10.8 Å². The molecule has 19 heavy (non-hydrogen) atoms. The molecule has 3 heteroatoms. The maximum absolute atomic E-state index is 3.73. The van der Waals surface area contributed by atoms with Gasteiger partial charge in [-0.25, -0.2) is 0 Å². The van der Waals surface area contributed by atoms with Gasteiger partial charge in [-0.1, -0.05) is 33.8 Å². The second-order valence-electron chi connectivity index (χ2n) is 7.35. The van der Waals surface area contributed by atoms with E-state index in [0.29, 0.717) is 16.9 Å². The lowest BCUT2D eigenvalue weighted by Gasteiger charge is -2.45. The van der Waals surface area contributed by atoms with Gasteiger partial charge in [0.05, 0.1) is 5.69 Å². The van der Waals surface area contributed by atoms with Gasteiger partial charge in [0.25, 0.3) is 0 Å². The summed E-state index contributed by atoms with van der Waals surface area (Å²) >= 11 is 7.28. The van der Waals surface area contributed by atoms with E-state index in [4.69, 9.17) is 0 Å². The summed E-state index contributed by atoms with van der Waals surface area (Å²) < 4.78 is 2.26. The average molecular weight is 389 g/mol. The quantitative estimate of drug-likeness (QED) is 0.633. The van der Waals surface area contributed by atoms with Crippen LogP contribution in [-0.2, 0) is 0 Å². The molecule has 0 radical (unpaired) electrons. The van der Waals surface area contributed by atoms with Gasteiger partial charge in [-0.15, -0.1) is 0 Å². The Hall–Kier alpha value is -0.0200. The number of benzene rings is 1.